The van der Waals surface area contributed by atoms with Crippen molar-refractivity contribution in [3.63, 3.8) is 0 Å². The van der Waals surface area contributed by atoms with Gasteiger partial charge >= 0.3 is 11.5 Å². The van der Waals surface area contributed by atoms with Crippen LogP contribution in [0.15, 0.2) is 29.2 Å². The molecule has 0 saturated carbocycles. The first-order valence-corrected chi connectivity index (χ1v) is 7.98. The molecule has 0 aliphatic rings. The summed E-state index contributed by atoms with van der Waals surface area (Å²) < 4.78 is 65.4. The average molecular weight is 339 g/mol. The average Bonchev–Trinajstić information content (AvgIpc) is 2.43. The Kier molecular flexibility index (Phi) is 6.21. The molecule has 1 rings (SSSR count). The minimum Gasteiger partial charge on any atom is -0.466 e. The van der Waals surface area contributed by atoms with Crippen molar-refractivity contribution in [3.8, 4) is 0 Å². The number of esters is 1. The summed E-state index contributed by atoms with van der Waals surface area (Å²) in [5, 5.41) is 2.60. The Morgan fingerprint density at radius 1 is 1.27 bits per heavy atom. The van der Waals surface area contributed by atoms with Crippen molar-refractivity contribution in [1.82, 2.24) is 0 Å². The van der Waals surface area contributed by atoms with Gasteiger partial charge in [-0.2, -0.15) is 13.2 Å². The summed E-state index contributed by atoms with van der Waals surface area (Å²) in [6.45, 7) is 2.05. The molecule has 0 atom stereocenters. The number of alkyl halides is 3. The van der Waals surface area contributed by atoms with E-state index >= 15 is 0 Å². The van der Waals surface area contributed by atoms with Crippen LogP contribution in [0.1, 0.15) is 19.8 Å². The van der Waals surface area contributed by atoms with Crippen LogP contribution in [0.5, 0.6) is 0 Å². The fraction of sp³-hybridized carbons (Fsp3) is 0.462. The second-order valence-corrected chi connectivity index (χ2v) is 6.19. The van der Waals surface area contributed by atoms with E-state index in [0.29, 0.717) is 6.42 Å². The molecular formula is C13H16F3NO4S. The van der Waals surface area contributed by atoms with Crippen LogP contribution in [0, 0.1) is 0 Å². The van der Waals surface area contributed by atoms with Gasteiger partial charge in [0, 0.05) is 13.0 Å². The number of carbonyl (C=O) groups excluding carboxylic acids is 1. The Morgan fingerprint density at radius 3 is 2.50 bits per heavy atom. The van der Waals surface area contributed by atoms with E-state index < -0.39 is 26.2 Å². The maximum Gasteiger partial charge on any atom is 0.501 e. The maximum atomic E-state index is 12.6. The number of hydrogen-bond acceptors (Lipinski definition) is 5. The van der Waals surface area contributed by atoms with E-state index in [1.54, 1.807) is 6.92 Å². The third kappa shape index (κ3) is 4.62. The van der Waals surface area contributed by atoms with E-state index in [1.807, 2.05) is 0 Å². The molecule has 124 valence electrons. The Balaban J connectivity index is 2.76. The van der Waals surface area contributed by atoms with Crippen LogP contribution in [-0.2, 0) is 19.4 Å². The van der Waals surface area contributed by atoms with Crippen LogP contribution in [0.2, 0.25) is 0 Å². The first kappa shape index (κ1) is 18.3. The number of ether oxygens (including phenoxy) is 1. The molecule has 0 aliphatic carbocycles. The van der Waals surface area contributed by atoms with Gasteiger partial charge in [-0.05, 0) is 25.5 Å². The van der Waals surface area contributed by atoms with Crippen molar-refractivity contribution in [1.29, 1.82) is 0 Å². The fourth-order valence-corrected chi connectivity index (χ4v) is 2.60. The Bertz CT molecular complexity index is 614. The fourth-order valence-electron chi connectivity index (χ4n) is 1.66. The van der Waals surface area contributed by atoms with Crippen LogP contribution in [-0.4, -0.2) is 33.0 Å². The SMILES string of the molecule is CCOC(=O)CCCNc1ccccc1S(=O)(=O)C(F)(F)F. The molecule has 0 bridgehead atoms. The summed E-state index contributed by atoms with van der Waals surface area (Å²) in [5.74, 6) is -0.416. The number of halogens is 3. The van der Waals surface area contributed by atoms with E-state index in [0.717, 1.165) is 6.07 Å². The molecule has 0 aromatic heterocycles. The predicted octanol–water partition coefficient (Wildman–Crippen LogP) is 2.74. The molecule has 5 nitrogen and oxygen atoms in total. The van der Waals surface area contributed by atoms with Gasteiger partial charge in [0.25, 0.3) is 9.84 Å². The van der Waals surface area contributed by atoms with Crippen molar-refractivity contribution in [2.45, 2.75) is 30.2 Å². The summed E-state index contributed by atoms with van der Waals surface area (Å²) in [4.78, 5) is 10.3. The summed E-state index contributed by atoms with van der Waals surface area (Å²) in [6, 6.07) is 4.75. The Labute approximate surface area is 126 Å². The van der Waals surface area contributed by atoms with E-state index in [4.69, 9.17) is 4.74 Å². The summed E-state index contributed by atoms with van der Waals surface area (Å²) in [6.07, 6.45) is 0.397. The Hall–Kier alpha value is -1.77. The molecule has 0 spiro atoms. The monoisotopic (exact) mass is 339 g/mol. The molecule has 0 saturated heterocycles. The first-order valence-electron chi connectivity index (χ1n) is 6.50. The van der Waals surface area contributed by atoms with E-state index in [9.17, 15) is 26.4 Å². The molecule has 1 aromatic rings. The second kappa shape index (κ2) is 7.48. The minimum atomic E-state index is -5.42. The highest BCUT2D eigenvalue weighted by molar-refractivity contribution is 7.92. The number of carbonyl (C=O) groups is 1. The standard InChI is InChI=1S/C13H16F3NO4S/c1-2-21-12(18)8-5-9-17-10-6-3-4-7-11(10)22(19,20)13(14,15)16/h3-4,6-7,17H,2,5,8-9H2,1H3. The quantitative estimate of drug-likeness (QED) is 0.611. The predicted molar refractivity (Wildman–Crippen MR) is 74.0 cm³/mol. The zero-order valence-electron chi connectivity index (χ0n) is 11.8. The van der Waals surface area contributed by atoms with Crippen molar-refractivity contribution in [2.75, 3.05) is 18.5 Å². The number of hydrogen-bond donors (Lipinski definition) is 1. The normalized spacial score (nSPS) is 12.0. The smallest absolute Gasteiger partial charge is 0.466 e. The number of sulfone groups is 1. The first-order chi connectivity index (χ1) is 10.2. The molecule has 0 unspecified atom stereocenters. The van der Waals surface area contributed by atoms with Crippen molar-refractivity contribution in [3.05, 3.63) is 24.3 Å². The number of para-hydroxylation sites is 1. The van der Waals surface area contributed by atoms with Gasteiger partial charge in [-0.25, -0.2) is 8.42 Å². The van der Waals surface area contributed by atoms with Gasteiger partial charge in [0.1, 0.15) is 0 Å². The summed E-state index contributed by atoms with van der Waals surface area (Å²) in [7, 11) is -5.42. The topological polar surface area (TPSA) is 72.5 Å². The van der Waals surface area contributed by atoms with Gasteiger partial charge in [0.15, 0.2) is 0 Å². The minimum absolute atomic E-state index is 0.0923. The Morgan fingerprint density at radius 2 is 1.91 bits per heavy atom. The molecule has 0 amide bonds. The van der Waals surface area contributed by atoms with Gasteiger partial charge in [-0.15, -0.1) is 0 Å². The van der Waals surface area contributed by atoms with Crippen LogP contribution >= 0.6 is 0 Å². The highest BCUT2D eigenvalue weighted by Gasteiger charge is 2.47. The van der Waals surface area contributed by atoms with E-state index in [-0.39, 0.29) is 25.3 Å². The number of rotatable bonds is 7. The summed E-state index contributed by atoms with van der Waals surface area (Å²) in [5.41, 5.74) is -5.51. The molecule has 22 heavy (non-hydrogen) atoms. The lowest BCUT2D eigenvalue weighted by molar-refractivity contribution is -0.143. The van der Waals surface area contributed by atoms with Crippen molar-refractivity contribution < 1.29 is 31.1 Å². The number of nitrogens with one attached hydrogen (secondary N) is 1. The second-order valence-electron chi connectivity index (χ2n) is 4.28. The van der Waals surface area contributed by atoms with Crippen molar-refractivity contribution >= 4 is 21.5 Å². The van der Waals surface area contributed by atoms with Gasteiger partial charge in [-0.1, -0.05) is 12.1 Å². The molecule has 0 radical (unpaired) electrons. The largest absolute Gasteiger partial charge is 0.501 e. The third-order valence-electron chi connectivity index (χ3n) is 2.66. The molecule has 0 heterocycles. The van der Waals surface area contributed by atoms with Gasteiger partial charge in [-0.3, -0.25) is 4.79 Å². The summed E-state index contributed by atoms with van der Waals surface area (Å²) >= 11 is 0. The zero-order valence-corrected chi connectivity index (χ0v) is 12.6. The molecular weight excluding hydrogens is 323 g/mol. The molecule has 0 fully saturated rings. The zero-order chi connectivity index (χ0) is 16.8. The highest BCUT2D eigenvalue weighted by atomic mass is 32.2. The van der Waals surface area contributed by atoms with Crippen LogP contribution < -0.4 is 5.32 Å². The lowest BCUT2D eigenvalue weighted by atomic mass is 10.3. The molecule has 0 aliphatic heterocycles. The van der Waals surface area contributed by atoms with Gasteiger partial charge < -0.3 is 10.1 Å². The molecule has 1 N–H and O–H groups in total. The van der Waals surface area contributed by atoms with E-state index in [1.165, 1.54) is 18.2 Å². The van der Waals surface area contributed by atoms with Gasteiger partial charge in [0.05, 0.1) is 17.2 Å². The van der Waals surface area contributed by atoms with Gasteiger partial charge in [0.2, 0.25) is 0 Å². The molecule has 1 aromatic carbocycles. The van der Waals surface area contributed by atoms with Crippen LogP contribution in [0.3, 0.4) is 0 Å². The lowest BCUT2D eigenvalue weighted by Crippen LogP contribution is -2.24. The van der Waals surface area contributed by atoms with Crippen LogP contribution in [0.4, 0.5) is 18.9 Å². The number of anilines is 1. The lowest BCUT2D eigenvalue weighted by Gasteiger charge is -2.14. The molecule has 9 heteroatoms. The highest BCUT2D eigenvalue weighted by Crippen LogP contribution is 2.34. The van der Waals surface area contributed by atoms with E-state index in [2.05, 4.69) is 5.32 Å². The van der Waals surface area contributed by atoms with Crippen molar-refractivity contribution in [2.24, 2.45) is 0 Å². The number of benzene rings is 1. The van der Waals surface area contributed by atoms with Crippen LogP contribution in [0.25, 0.3) is 0 Å². The maximum absolute atomic E-state index is 12.6. The third-order valence-corrected chi connectivity index (χ3v) is 4.20.